The number of hydrogen-bond donors (Lipinski definition) is 3. The highest BCUT2D eigenvalue weighted by Gasteiger charge is 2.39. The number of amides is 2. The Balaban J connectivity index is 1.60. The van der Waals surface area contributed by atoms with Crippen LogP contribution < -0.4 is 16.0 Å². The topological polar surface area (TPSA) is 70.2 Å². The van der Waals surface area contributed by atoms with Crippen molar-refractivity contribution in [3.8, 4) is 0 Å². The van der Waals surface area contributed by atoms with Gasteiger partial charge in [0.15, 0.2) is 0 Å². The number of carbonyl (C=O) groups excluding carboxylic acids is 2. The quantitative estimate of drug-likeness (QED) is 0.793. The fourth-order valence-corrected chi connectivity index (χ4v) is 2.90. The predicted octanol–water partition coefficient (Wildman–Crippen LogP) is 1.76. The van der Waals surface area contributed by atoms with Crippen molar-refractivity contribution in [1.29, 1.82) is 0 Å². The summed E-state index contributed by atoms with van der Waals surface area (Å²) in [5.74, 6) is 0.585. The molecule has 1 aromatic carbocycles. The lowest BCUT2D eigenvalue weighted by molar-refractivity contribution is -0.117. The number of piperidine rings is 1. The van der Waals surface area contributed by atoms with Crippen LogP contribution in [0.25, 0.3) is 0 Å². The van der Waals surface area contributed by atoms with Gasteiger partial charge < -0.3 is 16.0 Å². The third-order valence-corrected chi connectivity index (χ3v) is 4.47. The van der Waals surface area contributed by atoms with Crippen molar-refractivity contribution < 1.29 is 9.59 Å². The normalized spacial score (nSPS) is 27.0. The van der Waals surface area contributed by atoms with Crippen LogP contribution in [0.1, 0.15) is 36.5 Å². The van der Waals surface area contributed by atoms with Crippen LogP contribution in [0.3, 0.4) is 0 Å². The van der Waals surface area contributed by atoms with Crippen LogP contribution in [-0.2, 0) is 4.79 Å². The average molecular weight is 301 g/mol. The Labute approximate surface area is 130 Å². The summed E-state index contributed by atoms with van der Waals surface area (Å²) < 4.78 is 0. The Hall–Kier alpha value is -1.88. The van der Waals surface area contributed by atoms with E-state index in [2.05, 4.69) is 22.9 Å². The molecule has 3 N–H and O–H groups in total. The molecule has 118 valence electrons. The first-order chi connectivity index (χ1) is 10.6. The van der Waals surface area contributed by atoms with Gasteiger partial charge in [0.25, 0.3) is 5.91 Å². The minimum atomic E-state index is -0.0791. The molecule has 1 heterocycles. The van der Waals surface area contributed by atoms with Gasteiger partial charge in [-0.3, -0.25) is 9.59 Å². The number of hydrogen-bond acceptors (Lipinski definition) is 3. The zero-order valence-corrected chi connectivity index (χ0v) is 12.9. The largest absolute Gasteiger partial charge is 0.348 e. The maximum absolute atomic E-state index is 12.3. The second kappa shape index (κ2) is 6.48. The molecule has 0 spiro atoms. The zero-order valence-electron chi connectivity index (χ0n) is 12.9. The third-order valence-electron chi connectivity index (χ3n) is 4.47. The predicted molar refractivity (Wildman–Crippen MR) is 85.7 cm³/mol. The van der Waals surface area contributed by atoms with E-state index < -0.39 is 0 Å². The first-order valence-electron chi connectivity index (χ1n) is 8.06. The Morgan fingerprint density at radius 2 is 2.14 bits per heavy atom. The molecular weight excluding hydrogens is 278 g/mol. The van der Waals surface area contributed by atoms with Gasteiger partial charge in [0.05, 0.1) is 0 Å². The average Bonchev–Trinajstić information content (AvgIpc) is 3.26. The zero-order chi connectivity index (χ0) is 15.5. The molecule has 22 heavy (non-hydrogen) atoms. The lowest BCUT2D eigenvalue weighted by Gasteiger charge is -2.23. The van der Waals surface area contributed by atoms with Crippen LogP contribution in [0.15, 0.2) is 24.3 Å². The maximum Gasteiger partial charge on any atom is 0.251 e. The second-order valence-electron chi connectivity index (χ2n) is 6.41. The van der Waals surface area contributed by atoms with Gasteiger partial charge in [-0.15, -0.1) is 0 Å². The minimum Gasteiger partial charge on any atom is -0.348 e. The van der Waals surface area contributed by atoms with Gasteiger partial charge in [-0.1, -0.05) is 13.0 Å². The standard InChI is InChI=1S/C17H23N3O2/c1-11-8-15(11)17(22)19-13-5-2-4-12(9-13)16(21)20-14-6-3-7-18-10-14/h2,4-5,9,11,14-15,18H,3,6-8,10H2,1H3,(H,19,22)(H,20,21)/t11?,14-,15?/m0/s1. The van der Waals surface area contributed by atoms with E-state index in [-0.39, 0.29) is 23.8 Å². The lowest BCUT2D eigenvalue weighted by Crippen LogP contribution is -2.45. The molecule has 0 bridgehead atoms. The van der Waals surface area contributed by atoms with E-state index in [1.165, 1.54) is 0 Å². The van der Waals surface area contributed by atoms with Crippen LogP contribution in [-0.4, -0.2) is 30.9 Å². The molecule has 5 nitrogen and oxygen atoms in total. The van der Waals surface area contributed by atoms with E-state index in [1.54, 1.807) is 18.2 Å². The number of benzene rings is 1. The fourth-order valence-electron chi connectivity index (χ4n) is 2.90. The first kappa shape index (κ1) is 15.0. The summed E-state index contributed by atoms with van der Waals surface area (Å²) in [6.07, 6.45) is 3.05. The molecule has 3 atom stereocenters. The molecule has 1 saturated heterocycles. The Morgan fingerprint density at radius 3 is 2.82 bits per heavy atom. The number of nitrogens with one attached hydrogen (secondary N) is 3. The molecule has 2 amide bonds. The molecule has 2 aliphatic rings. The van der Waals surface area contributed by atoms with Gasteiger partial charge in [-0.25, -0.2) is 0 Å². The Kier molecular flexibility index (Phi) is 4.43. The third kappa shape index (κ3) is 3.65. The molecule has 3 rings (SSSR count). The van der Waals surface area contributed by atoms with Crippen molar-refractivity contribution >= 4 is 17.5 Å². The summed E-state index contributed by atoms with van der Waals surface area (Å²) in [4.78, 5) is 24.3. The van der Waals surface area contributed by atoms with E-state index in [1.807, 2.05) is 6.07 Å². The van der Waals surface area contributed by atoms with Crippen molar-refractivity contribution in [2.45, 2.75) is 32.2 Å². The molecule has 1 aliphatic heterocycles. The van der Waals surface area contributed by atoms with Gasteiger partial charge in [0, 0.05) is 29.8 Å². The molecular formula is C17H23N3O2. The van der Waals surface area contributed by atoms with E-state index >= 15 is 0 Å². The second-order valence-corrected chi connectivity index (χ2v) is 6.41. The monoisotopic (exact) mass is 301 g/mol. The number of anilines is 1. The number of carbonyl (C=O) groups is 2. The molecule has 5 heteroatoms. The van der Waals surface area contributed by atoms with Crippen molar-refractivity contribution in [1.82, 2.24) is 10.6 Å². The van der Waals surface area contributed by atoms with Gasteiger partial charge in [0.1, 0.15) is 0 Å². The first-order valence-corrected chi connectivity index (χ1v) is 8.06. The van der Waals surface area contributed by atoms with Gasteiger partial charge >= 0.3 is 0 Å². The van der Waals surface area contributed by atoms with Crippen molar-refractivity contribution in [3.63, 3.8) is 0 Å². The van der Waals surface area contributed by atoms with Crippen molar-refractivity contribution in [2.75, 3.05) is 18.4 Å². The maximum atomic E-state index is 12.3. The highest BCUT2D eigenvalue weighted by atomic mass is 16.2. The van der Waals surface area contributed by atoms with Crippen LogP contribution in [0.4, 0.5) is 5.69 Å². The SMILES string of the molecule is CC1CC1C(=O)Nc1cccc(C(=O)N[C@H]2CCCNC2)c1. The van der Waals surface area contributed by atoms with E-state index in [0.717, 1.165) is 32.4 Å². The molecule has 2 fully saturated rings. The van der Waals surface area contributed by atoms with E-state index in [4.69, 9.17) is 0 Å². The summed E-state index contributed by atoms with van der Waals surface area (Å²) >= 11 is 0. The number of rotatable bonds is 4. The lowest BCUT2D eigenvalue weighted by atomic mass is 10.1. The summed E-state index contributed by atoms with van der Waals surface area (Å²) in [7, 11) is 0. The Morgan fingerprint density at radius 1 is 1.32 bits per heavy atom. The summed E-state index contributed by atoms with van der Waals surface area (Å²) in [6, 6.07) is 7.34. The summed E-state index contributed by atoms with van der Waals surface area (Å²) in [5, 5.41) is 9.23. The molecule has 0 radical (unpaired) electrons. The van der Waals surface area contributed by atoms with Crippen molar-refractivity contribution in [3.05, 3.63) is 29.8 Å². The van der Waals surface area contributed by atoms with Crippen LogP contribution in [0.2, 0.25) is 0 Å². The smallest absolute Gasteiger partial charge is 0.251 e. The minimum absolute atomic E-state index is 0.0570. The van der Waals surface area contributed by atoms with Gasteiger partial charge in [-0.05, 0) is 49.9 Å². The summed E-state index contributed by atoms with van der Waals surface area (Å²) in [5.41, 5.74) is 1.28. The van der Waals surface area contributed by atoms with Crippen LogP contribution in [0, 0.1) is 11.8 Å². The molecule has 1 saturated carbocycles. The van der Waals surface area contributed by atoms with E-state index in [0.29, 0.717) is 17.2 Å². The molecule has 0 aromatic heterocycles. The van der Waals surface area contributed by atoms with E-state index in [9.17, 15) is 9.59 Å². The Bertz CT molecular complexity index is 567. The highest BCUT2D eigenvalue weighted by molar-refractivity contribution is 5.98. The van der Waals surface area contributed by atoms with Crippen LogP contribution in [0.5, 0.6) is 0 Å². The fraction of sp³-hybridized carbons (Fsp3) is 0.529. The molecule has 1 aliphatic carbocycles. The van der Waals surface area contributed by atoms with Crippen LogP contribution >= 0.6 is 0 Å². The summed E-state index contributed by atoms with van der Waals surface area (Å²) in [6.45, 7) is 3.92. The van der Waals surface area contributed by atoms with Gasteiger partial charge in [0.2, 0.25) is 5.91 Å². The highest BCUT2D eigenvalue weighted by Crippen LogP contribution is 2.38. The van der Waals surface area contributed by atoms with Gasteiger partial charge in [-0.2, -0.15) is 0 Å². The molecule has 2 unspecified atom stereocenters. The molecule has 1 aromatic rings. The van der Waals surface area contributed by atoms with Crippen molar-refractivity contribution in [2.24, 2.45) is 11.8 Å².